The van der Waals surface area contributed by atoms with Crippen LogP contribution >= 0.6 is 11.3 Å². The summed E-state index contributed by atoms with van der Waals surface area (Å²) >= 11 is 1.62. The van der Waals surface area contributed by atoms with Crippen molar-refractivity contribution in [1.82, 2.24) is 10.3 Å². The van der Waals surface area contributed by atoms with Gasteiger partial charge < -0.3 is 16.0 Å². The smallest absolute Gasteiger partial charge is 0.318 e. The predicted molar refractivity (Wildman–Crippen MR) is 74.0 cm³/mol. The van der Waals surface area contributed by atoms with Crippen molar-refractivity contribution in [2.24, 2.45) is 0 Å². The summed E-state index contributed by atoms with van der Waals surface area (Å²) in [5.74, 6) is 0. The molecule has 0 fully saturated rings. The SMILES string of the molecule is CNC(=O)Nc1ccc(NCc2cncs2)cc1. The van der Waals surface area contributed by atoms with E-state index in [1.54, 1.807) is 18.4 Å². The van der Waals surface area contributed by atoms with Crippen molar-refractivity contribution >= 4 is 28.7 Å². The van der Waals surface area contributed by atoms with Crippen molar-refractivity contribution in [3.63, 3.8) is 0 Å². The minimum absolute atomic E-state index is 0.222. The third kappa shape index (κ3) is 3.46. The molecule has 94 valence electrons. The van der Waals surface area contributed by atoms with Crippen LogP contribution in [-0.2, 0) is 6.54 Å². The lowest BCUT2D eigenvalue weighted by Gasteiger charge is -2.07. The third-order valence-electron chi connectivity index (χ3n) is 2.32. The van der Waals surface area contributed by atoms with Gasteiger partial charge in [-0.05, 0) is 24.3 Å². The minimum Gasteiger partial charge on any atom is -0.380 e. The molecule has 0 saturated heterocycles. The number of amides is 2. The van der Waals surface area contributed by atoms with Gasteiger partial charge in [0.1, 0.15) is 0 Å². The molecule has 1 heterocycles. The highest BCUT2D eigenvalue weighted by Gasteiger charge is 1.99. The first-order valence-electron chi connectivity index (χ1n) is 5.48. The summed E-state index contributed by atoms with van der Waals surface area (Å²) in [7, 11) is 1.58. The van der Waals surface area contributed by atoms with Crippen LogP contribution in [0.5, 0.6) is 0 Å². The summed E-state index contributed by atoms with van der Waals surface area (Å²) in [5, 5.41) is 8.49. The fraction of sp³-hybridized carbons (Fsp3) is 0.167. The molecular weight excluding hydrogens is 248 g/mol. The summed E-state index contributed by atoms with van der Waals surface area (Å²) in [6.07, 6.45) is 1.85. The monoisotopic (exact) mass is 262 g/mol. The second-order valence-corrected chi connectivity index (χ2v) is 4.57. The quantitative estimate of drug-likeness (QED) is 0.793. The molecule has 0 bridgehead atoms. The van der Waals surface area contributed by atoms with E-state index in [-0.39, 0.29) is 6.03 Å². The zero-order chi connectivity index (χ0) is 12.8. The lowest BCUT2D eigenvalue weighted by Crippen LogP contribution is -2.24. The van der Waals surface area contributed by atoms with Gasteiger partial charge in [0, 0.05) is 29.5 Å². The second-order valence-electron chi connectivity index (χ2n) is 3.60. The van der Waals surface area contributed by atoms with Crippen molar-refractivity contribution in [2.45, 2.75) is 6.54 Å². The average molecular weight is 262 g/mol. The van der Waals surface area contributed by atoms with E-state index < -0.39 is 0 Å². The van der Waals surface area contributed by atoms with Crippen LogP contribution in [0.3, 0.4) is 0 Å². The van der Waals surface area contributed by atoms with Crippen molar-refractivity contribution in [3.05, 3.63) is 40.8 Å². The molecule has 5 nitrogen and oxygen atoms in total. The van der Waals surface area contributed by atoms with Crippen LogP contribution in [0.15, 0.2) is 36.0 Å². The Labute approximate surface area is 109 Å². The van der Waals surface area contributed by atoms with E-state index >= 15 is 0 Å². The standard InChI is InChI=1S/C12H14N4OS/c1-13-12(17)16-10-4-2-9(3-5-10)15-7-11-6-14-8-18-11/h2-6,8,15H,7H2,1H3,(H2,13,16,17). The molecule has 0 radical (unpaired) electrons. The Hall–Kier alpha value is -2.08. The van der Waals surface area contributed by atoms with E-state index in [0.717, 1.165) is 17.9 Å². The molecule has 2 aromatic rings. The Kier molecular flexibility index (Phi) is 4.14. The molecule has 1 aromatic heterocycles. The summed E-state index contributed by atoms with van der Waals surface area (Å²) in [5.41, 5.74) is 3.58. The molecule has 0 saturated carbocycles. The van der Waals surface area contributed by atoms with Gasteiger partial charge in [-0.25, -0.2) is 4.79 Å². The topological polar surface area (TPSA) is 66.1 Å². The molecule has 2 rings (SSSR count). The number of carbonyl (C=O) groups excluding carboxylic acids is 1. The molecule has 3 N–H and O–H groups in total. The zero-order valence-corrected chi connectivity index (χ0v) is 10.8. The molecular formula is C12H14N4OS. The Morgan fingerprint density at radius 1 is 1.28 bits per heavy atom. The maximum absolute atomic E-state index is 11.1. The number of anilines is 2. The summed E-state index contributed by atoms with van der Waals surface area (Å²) < 4.78 is 0. The van der Waals surface area contributed by atoms with E-state index in [9.17, 15) is 4.79 Å². The van der Waals surface area contributed by atoms with E-state index in [0.29, 0.717) is 0 Å². The summed E-state index contributed by atoms with van der Waals surface area (Å²) in [6, 6.07) is 7.33. The number of nitrogens with one attached hydrogen (secondary N) is 3. The predicted octanol–water partition coefficient (Wildman–Crippen LogP) is 2.51. The maximum atomic E-state index is 11.1. The number of benzene rings is 1. The molecule has 1 aromatic carbocycles. The fourth-order valence-electron chi connectivity index (χ4n) is 1.38. The van der Waals surface area contributed by atoms with Crippen LogP contribution in [0.4, 0.5) is 16.2 Å². The molecule has 0 aliphatic rings. The second kappa shape index (κ2) is 6.02. The summed E-state index contributed by atoms with van der Waals surface area (Å²) in [4.78, 5) is 16.3. The Balaban J connectivity index is 1.89. The van der Waals surface area contributed by atoms with Gasteiger partial charge in [0.05, 0.1) is 12.1 Å². The number of hydrogen-bond acceptors (Lipinski definition) is 4. The maximum Gasteiger partial charge on any atom is 0.318 e. The van der Waals surface area contributed by atoms with Crippen LogP contribution in [0.1, 0.15) is 4.88 Å². The summed E-state index contributed by atoms with van der Waals surface area (Å²) in [6.45, 7) is 0.757. The number of carbonyl (C=O) groups is 1. The van der Waals surface area contributed by atoms with Crippen molar-refractivity contribution in [3.8, 4) is 0 Å². The van der Waals surface area contributed by atoms with Gasteiger partial charge in [-0.15, -0.1) is 11.3 Å². The molecule has 0 atom stereocenters. The van der Waals surface area contributed by atoms with Gasteiger partial charge in [0.15, 0.2) is 0 Å². The minimum atomic E-state index is -0.222. The van der Waals surface area contributed by atoms with E-state index in [1.807, 2.05) is 36.0 Å². The number of aromatic nitrogens is 1. The Morgan fingerprint density at radius 2 is 2.00 bits per heavy atom. The molecule has 0 aliphatic heterocycles. The zero-order valence-electron chi connectivity index (χ0n) is 9.93. The lowest BCUT2D eigenvalue weighted by atomic mass is 10.3. The Morgan fingerprint density at radius 3 is 2.61 bits per heavy atom. The van der Waals surface area contributed by atoms with Gasteiger partial charge in [-0.3, -0.25) is 4.98 Å². The van der Waals surface area contributed by atoms with E-state index in [4.69, 9.17) is 0 Å². The van der Waals surface area contributed by atoms with Crippen LogP contribution in [0.25, 0.3) is 0 Å². The van der Waals surface area contributed by atoms with Crippen LogP contribution in [-0.4, -0.2) is 18.1 Å². The number of nitrogens with zero attached hydrogens (tertiary/aromatic N) is 1. The molecule has 0 unspecified atom stereocenters. The van der Waals surface area contributed by atoms with Crippen molar-refractivity contribution in [2.75, 3.05) is 17.7 Å². The largest absolute Gasteiger partial charge is 0.380 e. The first-order chi connectivity index (χ1) is 8.78. The van der Waals surface area contributed by atoms with Gasteiger partial charge in [0.2, 0.25) is 0 Å². The van der Waals surface area contributed by atoms with Gasteiger partial charge in [-0.2, -0.15) is 0 Å². The normalized spacial score (nSPS) is 9.83. The van der Waals surface area contributed by atoms with E-state index in [1.165, 1.54) is 4.88 Å². The third-order valence-corrected chi connectivity index (χ3v) is 3.10. The van der Waals surface area contributed by atoms with E-state index in [2.05, 4.69) is 20.9 Å². The number of urea groups is 1. The first-order valence-corrected chi connectivity index (χ1v) is 6.36. The van der Waals surface area contributed by atoms with Crippen molar-refractivity contribution < 1.29 is 4.79 Å². The highest BCUT2D eigenvalue weighted by Crippen LogP contribution is 2.15. The average Bonchev–Trinajstić information content (AvgIpc) is 2.91. The van der Waals surface area contributed by atoms with Crippen LogP contribution in [0.2, 0.25) is 0 Å². The molecule has 0 spiro atoms. The number of rotatable bonds is 4. The van der Waals surface area contributed by atoms with Crippen LogP contribution in [0, 0.1) is 0 Å². The van der Waals surface area contributed by atoms with Crippen molar-refractivity contribution in [1.29, 1.82) is 0 Å². The highest BCUT2D eigenvalue weighted by molar-refractivity contribution is 7.09. The van der Waals surface area contributed by atoms with Crippen LogP contribution < -0.4 is 16.0 Å². The molecule has 6 heteroatoms. The highest BCUT2D eigenvalue weighted by atomic mass is 32.1. The lowest BCUT2D eigenvalue weighted by molar-refractivity contribution is 0.254. The first kappa shape index (κ1) is 12.4. The molecule has 0 aliphatic carbocycles. The molecule has 2 amide bonds. The Bertz CT molecular complexity index is 495. The number of hydrogen-bond donors (Lipinski definition) is 3. The van der Waals surface area contributed by atoms with Gasteiger partial charge in [-0.1, -0.05) is 0 Å². The van der Waals surface area contributed by atoms with Gasteiger partial charge in [0.25, 0.3) is 0 Å². The van der Waals surface area contributed by atoms with Gasteiger partial charge >= 0.3 is 6.03 Å². The fourth-order valence-corrected chi connectivity index (χ4v) is 1.92. The molecule has 18 heavy (non-hydrogen) atoms. The number of thiazole rings is 1.